The number of halogens is 1. The number of pyridine rings is 1. The van der Waals surface area contributed by atoms with Gasteiger partial charge in [-0.05, 0) is 52.2 Å². The summed E-state index contributed by atoms with van der Waals surface area (Å²) in [6.45, 7) is 2.52. The van der Waals surface area contributed by atoms with Gasteiger partial charge in [0.25, 0.3) is 0 Å². The number of nitrogens with one attached hydrogen (secondary N) is 1. The Kier molecular flexibility index (Phi) is 4.16. The molecular weight excluding hydrogens is 308 g/mol. The first kappa shape index (κ1) is 13.5. The normalized spacial score (nSPS) is 10.2. The zero-order chi connectivity index (χ0) is 13.8. The van der Waals surface area contributed by atoms with E-state index in [0.29, 0.717) is 12.1 Å². The van der Waals surface area contributed by atoms with Gasteiger partial charge < -0.3 is 10.4 Å². The van der Waals surface area contributed by atoms with Crippen LogP contribution in [0.3, 0.4) is 0 Å². The third-order valence-electron chi connectivity index (χ3n) is 2.78. The lowest BCUT2D eigenvalue weighted by atomic mass is 10.0. The highest BCUT2D eigenvalue weighted by Gasteiger charge is 2.06. The van der Waals surface area contributed by atoms with E-state index in [-0.39, 0.29) is 0 Å². The van der Waals surface area contributed by atoms with Crippen molar-refractivity contribution in [1.82, 2.24) is 4.98 Å². The molecule has 4 nitrogen and oxygen atoms in total. The predicted molar refractivity (Wildman–Crippen MR) is 77.4 cm³/mol. The van der Waals surface area contributed by atoms with Crippen LogP contribution < -0.4 is 5.32 Å². The maximum Gasteiger partial charge on any atom is 0.335 e. The van der Waals surface area contributed by atoms with Gasteiger partial charge in [-0.25, -0.2) is 4.79 Å². The third-order valence-corrected chi connectivity index (χ3v) is 3.22. The van der Waals surface area contributed by atoms with Crippen LogP contribution in [0.5, 0.6) is 0 Å². The summed E-state index contributed by atoms with van der Waals surface area (Å²) in [4.78, 5) is 15.0. The van der Waals surface area contributed by atoms with E-state index in [9.17, 15) is 4.79 Å². The summed E-state index contributed by atoms with van der Waals surface area (Å²) in [7, 11) is 0. The van der Waals surface area contributed by atoms with Crippen molar-refractivity contribution in [3.8, 4) is 0 Å². The Hall–Kier alpha value is -1.88. The van der Waals surface area contributed by atoms with E-state index in [1.165, 1.54) is 0 Å². The molecule has 98 valence electrons. The number of aromatic nitrogens is 1. The zero-order valence-electron chi connectivity index (χ0n) is 10.4. The number of benzene rings is 1. The molecule has 2 aromatic rings. The SMILES string of the molecule is Cc1ccc(C(=O)O)cc1CNc1cncc(Br)c1. The molecule has 2 N–H and O–H groups in total. The van der Waals surface area contributed by atoms with E-state index >= 15 is 0 Å². The summed E-state index contributed by atoms with van der Waals surface area (Å²) in [5.74, 6) is -0.912. The van der Waals surface area contributed by atoms with Crippen molar-refractivity contribution >= 4 is 27.6 Å². The fourth-order valence-corrected chi connectivity index (χ4v) is 2.07. The minimum absolute atomic E-state index is 0.301. The van der Waals surface area contributed by atoms with Gasteiger partial charge in [0.2, 0.25) is 0 Å². The quantitative estimate of drug-likeness (QED) is 0.905. The minimum atomic E-state index is -0.912. The van der Waals surface area contributed by atoms with Crippen LogP contribution in [0.15, 0.2) is 41.1 Å². The molecule has 0 aliphatic carbocycles. The van der Waals surface area contributed by atoms with E-state index < -0.39 is 5.97 Å². The second-order valence-electron chi connectivity index (χ2n) is 4.19. The Labute approximate surface area is 119 Å². The molecule has 0 fully saturated rings. The zero-order valence-corrected chi connectivity index (χ0v) is 11.9. The monoisotopic (exact) mass is 320 g/mol. The largest absolute Gasteiger partial charge is 0.478 e. The van der Waals surface area contributed by atoms with Gasteiger partial charge in [0.05, 0.1) is 17.4 Å². The van der Waals surface area contributed by atoms with Crippen LogP contribution in [0.4, 0.5) is 5.69 Å². The Morgan fingerprint density at radius 1 is 1.37 bits per heavy atom. The number of carboxylic acids is 1. The van der Waals surface area contributed by atoms with Gasteiger partial charge in [0.1, 0.15) is 0 Å². The van der Waals surface area contributed by atoms with Gasteiger partial charge in [-0.3, -0.25) is 4.98 Å². The van der Waals surface area contributed by atoms with Gasteiger partial charge >= 0.3 is 5.97 Å². The van der Waals surface area contributed by atoms with Crippen LogP contribution in [-0.4, -0.2) is 16.1 Å². The molecule has 0 unspecified atom stereocenters. The van der Waals surface area contributed by atoms with Gasteiger partial charge in [-0.1, -0.05) is 6.07 Å². The number of anilines is 1. The van der Waals surface area contributed by atoms with Gasteiger partial charge in [0.15, 0.2) is 0 Å². The van der Waals surface area contributed by atoms with Crippen LogP contribution in [0.25, 0.3) is 0 Å². The lowest BCUT2D eigenvalue weighted by Crippen LogP contribution is -2.04. The maximum atomic E-state index is 10.9. The number of carboxylic acid groups (broad SMARTS) is 1. The van der Waals surface area contributed by atoms with Gasteiger partial charge in [-0.2, -0.15) is 0 Å². The second kappa shape index (κ2) is 5.84. The molecule has 0 aliphatic rings. The van der Waals surface area contributed by atoms with Crippen molar-refractivity contribution in [1.29, 1.82) is 0 Å². The number of nitrogens with zero attached hydrogens (tertiary/aromatic N) is 1. The van der Waals surface area contributed by atoms with Crippen molar-refractivity contribution in [2.24, 2.45) is 0 Å². The molecule has 0 radical (unpaired) electrons. The Bertz CT molecular complexity index is 614. The predicted octanol–water partition coefficient (Wildman–Crippen LogP) is 3.46. The molecular formula is C14H13BrN2O2. The molecule has 0 spiro atoms. The fourth-order valence-electron chi connectivity index (χ4n) is 1.70. The average molecular weight is 321 g/mol. The molecule has 1 aromatic heterocycles. The molecule has 0 saturated heterocycles. The molecule has 0 bridgehead atoms. The lowest BCUT2D eigenvalue weighted by molar-refractivity contribution is 0.0697. The lowest BCUT2D eigenvalue weighted by Gasteiger charge is -2.10. The van der Waals surface area contributed by atoms with Crippen LogP contribution >= 0.6 is 15.9 Å². The number of hydrogen-bond acceptors (Lipinski definition) is 3. The Balaban J connectivity index is 2.15. The highest BCUT2D eigenvalue weighted by atomic mass is 79.9. The van der Waals surface area contributed by atoms with Crippen LogP contribution in [0.1, 0.15) is 21.5 Å². The topological polar surface area (TPSA) is 62.2 Å². The number of hydrogen-bond donors (Lipinski definition) is 2. The summed E-state index contributed by atoms with van der Waals surface area (Å²) in [6.07, 6.45) is 3.43. The highest BCUT2D eigenvalue weighted by Crippen LogP contribution is 2.17. The van der Waals surface area contributed by atoms with Gasteiger partial charge in [-0.15, -0.1) is 0 Å². The third kappa shape index (κ3) is 3.54. The molecule has 0 saturated carbocycles. The highest BCUT2D eigenvalue weighted by molar-refractivity contribution is 9.10. The first-order valence-electron chi connectivity index (χ1n) is 5.73. The second-order valence-corrected chi connectivity index (χ2v) is 5.11. The summed E-state index contributed by atoms with van der Waals surface area (Å²) in [5.41, 5.74) is 3.20. The smallest absolute Gasteiger partial charge is 0.335 e. The number of carbonyl (C=O) groups is 1. The van der Waals surface area contributed by atoms with Crippen molar-refractivity contribution in [3.63, 3.8) is 0 Å². The molecule has 1 heterocycles. The average Bonchev–Trinajstić information content (AvgIpc) is 2.37. The van der Waals surface area contributed by atoms with E-state index in [1.807, 2.05) is 19.1 Å². The van der Waals surface area contributed by atoms with E-state index in [1.54, 1.807) is 24.5 Å². The molecule has 1 aromatic carbocycles. The van der Waals surface area contributed by atoms with Gasteiger partial charge in [0, 0.05) is 17.2 Å². The Morgan fingerprint density at radius 3 is 2.84 bits per heavy atom. The molecule has 0 atom stereocenters. The van der Waals surface area contributed by atoms with Crippen molar-refractivity contribution < 1.29 is 9.90 Å². The van der Waals surface area contributed by atoms with E-state index in [2.05, 4.69) is 26.2 Å². The standard InChI is InChI=1S/C14H13BrN2O2/c1-9-2-3-10(14(18)19)4-11(9)6-17-13-5-12(15)7-16-8-13/h2-5,7-8,17H,6H2,1H3,(H,18,19). The summed E-state index contributed by atoms with van der Waals surface area (Å²) in [6, 6.07) is 7.04. The molecule has 5 heteroatoms. The van der Waals surface area contributed by atoms with Crippen molar-refractivity contribution in [2.45, 2.75) is 13.5 Å². The van der Waals surface area contributed by atoms with Crippen LogP contribution in [0, 0.1) is 6.92 Å². The molecule has 0 aliphatic heterocycles. The number of aromatic carboxylic acids is 1. The first-order valence-corrected chi connectivity index (χ1v) is 6.53. The maximum absolute atomic E-state index is 10.9. The van der Waals surface area contributed by atoms with E-state index in [4.69, 9.17) is 5.11 Å². The first-order chi connectivity index (χ1) is 9.06. The van der Waals surface area contributed by atoms with E-state index in [0.717, 1.165) is 21.3 Å². The summed E-state index contributed by atoms with van der Waals surface area (Å²) in [5, 5.41) is 12.2. The summed E-state index contributed by atoms with van der Waals surface area (Å²) < 4.78 is 0.897. The fraction of sp³-hybridized carbons (Fsp3) is 0.143. The van der Waals surface area contributed by atoms with Crippen molar-refractivity contribution in [2.75, 3.05) is 5.32 Å². The molecule has 19 heavy (non-hydrogen) atoms. The van der Waals surface area contributed by atoms with Crippen LogP contribution in [0.2, 0.25) is 0 Å². The molecule has 2 rings (SSSR count). The Morgan fingerprint density at radius 2 is 2.16 bits per heavy atom. The van der Waals surface area contributed by atoms with Crippen molar-refractivity contribution in [3.05, 3.63) is 57.8 Å². The molecule has 0 amide bonds. The summed E-state index contributed by atoms with van der Waals surface area (Å²) >= 11 is 3.35. The minimum Gasteiger partial charge on any atom is -0.478 e. The number of rotatable bonds is 4. The number of aryl methyl sites for hydroxylation is 1. The van der Waals surface area contributed by atoms with Crippen LogP contribution in [-0.2, 0) is 6.54 Å².